The van der Waals surface area contributed by atoms with E-state index in [1.165, 1.54) is 19.3 Å². The van der Waals surface area contributed by atoms with Gasteiger partial charge in [-0.25, -0.2) is 0 Å². The second-order valence-corrected chi connectivity index (χ2v) is 7.55. The molecule has 4 fully saturated rings. The molecule has 1 aliphatic carbocycles. The lowest BCUT2D eigenvalue weighted by molar-refractivity contribution is -0.141. The molecule has 5 nitrogen and oxygen atoms in total. The second kappa shape index (κ2) is 6.54. The Labute approximate surface area is 143 Å². The first kappa shape index (κ1) is 15.6. The number of nitrogens with zero attached hydrogens (tertiary/aromatic N) is 3. The molecule has 0 spiro atoms. The van der Waals surface area contributed by atoms with Gasteiger partial charge in [0.1, 0.15) is 0 Å². The van der Waals surface area contributed by atoms with E-state index in [4.69, 9.17) is 0 Å². The summed E-state index contributed by atoms with van der Waals surface area (Å²) in [7, 11) is 0. The summed E-state index contributed by atoms with van der Waals surface area (Å²) in [5.74, 6) is 1.10. The normalized spacial score (nSPS) is 27.1. The lowest BCUT2D eigenvalue weighted by Gasteiger charge is -2.40. The average Bonchev–Trinajstić information content (AvgIpc) is 2.84. The molecule has 2 atom stereocenters. The Hall–Kier alpha value is -1.91. The van der Waals surface area contributed by atoms with Gasteiger partial charge in [-0.3, -0.25) is 14.6 Å². The van der Waals surface area contributed by atoms with E-state index in [-0.39, 0.29) is 23.8 Å². The number of pyridine rings is 1. The molecule has 4 aliphatic rings. The van der Waals surface area contributed by atoms with Gasteiger partial charge in [0.05, 0.1) is 12.3 Å². The van der Waals surface area contributed by atoms with E-state index in [1.54, 1.807) is 12.4 Å². The van der Waals surface area contributed by atoms with Crippen LogP contribution >= 0.6 is 0 Å². The predicted molar refractivity (Wildman–Crippen MR) is 90.1 cm³/mol. The highest BCUT2D eigenvalue weighted by molar-refractivity contribution is 5.84. The highest BCUT2D eigenvalue weighted by Gasteiger charge is 2.42. The molecule has 2 amide bonds. The van der Waals surface area contributed by atoms with Gasteiger partial charge in [0.25, 0.3) is 0 Å². The van der Waals surface area contributed by atoms with Gasteiger partial charge in [0.2, 0.25) is 11.8 Å². The van der Waals surface area contributed by atoms with Gasteiger partial charge in [-0.05, 0) is 43.2 Å². The highest BCUT2D eigenvalue weighted by Crippen LogP contribution is 2.34. The summed E-state index contributed by atoms with van der Waals surface area (Å²) >= 11 is 0. The Kier molecular flexibility index (Phi) is 4.25. The van der Waals surface area contributed by atoms with Gasteiger partial charge in [-0.15, -0.1) is 0 Å². The molecule has 1 aromatic rings. The molecule has 24 heavy (non-hydrogen) atoms. The van der Waals surface area contributed by atoms with Crippen LogP contribution in [0.1, 0.15) is 37.7 Å². The Morgan fingerprint density at radius 2 is 2.08 bits per heavy atom. The maximum absolute atomic E-state index is 12.8. The zero-order valence-electron chi connectivity index (χ0n) is 14.1. The summed E-state index contributed by atoms with van der Waals surface area (Å²) in [6, 6.07) is 4.01. The van der Waals surface area contributed by atoms with Crippen molar-refractivity contribution in [1.82, 2.24) is 14.8 Å². The Bertz CT molecular complexity index is 614. The number of carbonyl (C=O) groups is 2. The van der Waals surface area contributed by atoms with Crippen LogP contribution in [-0.4, -0.2) is 52.3 Å². The summed E-state index contributed by atoms with van der Waals surface area (Å²) in [4.78, 5) is 33.6. The van der Waals surface area contributed by atoms with Crippen LogP contribution < -0.4 is 0 Å². The van der Waals surface area contributed by atoms with Crippen molar-refractivity contribution < 1.29 is 9.59 Å². The molecule has 4 heterocycles. The Balaban J connectivity index is 1.45. The van der Waals surface area contributed by atoms with Crippen LogP contribution in [0.15, 0.2) is 24.5 Å². The third-order valence-electron chi connectivity index (χ3n) is 5.90. The molecule has 1 saturated carbocycles. The molecule has 128 valence electrons. The molecule has 0 radical (unpaired) electrons. The quantitative estimate of drug-likeness (QED) is 0.848. The van der Waals surface area contributed by atoms with Crippen LogP contribution in [0, 0.1) is 11.8 Å². The van der Waals surface area contributed by atoms with Crippen molar-refractivity contribution in [3.63, 3.8) is 0 Å². The standard InChI is InChI=1S/C19H25N3O2/c23-18(9-15-5-2-8-20-10-15)21-12-16-6-7-17(13-21)22(19(16)24)11-14-3-1-4-14/h2,5,8,10,14,16-17H,1,3-4,6-7,9,11-13H2/t16-,17+/m0/s1. The molecular formula is C19H25N3O2. The maximum Gasteiger partial charge on any atom is 0.227 e. The van der Waals surface area contributed by atoms with E-state index in [0.29, 0.717) is 25.4 Å². The summed E-state index contributed by atoms with van der Waals surface area (Å²) in [5.41, 5.74) is 0.941. The molecule has 1 aromatic heterocycles. The Morgan fingerprint density at radius 3 is 2.79 bits per heavy atom. The van der Waals surface area contributed by atoms with Crippen LogP contribution in [0.4, 0.5) is 0 Å². The van der Waals surface area contributed by atoms with Gasteiger partial charge in [-0.1, -0.05) is 12.5 Å². The summed E-state index contributed by atoms with van der Waals surface area (Å²) in [6.07, 6.45) is 9.63. The fraction of sp³-hybridized carbons (Fsp3) is 0.632. The maximum atomic E-state index is 12.8. The molecule has 3 saturated heterocycles. The van der Waals surface area contributed by atoms with Crippen LogP contribution in [0.3, 0.4) is 0 Å². The molecule has 0 aromatic carbocycles. The SMILES string of the molecule is O=C(Cc1cccnc1)N1C[C@@H]2CC[C@H](C1)N(CC1CCC1)C2=O. The molecule has 5 heteroatoms. The molecule has 0 unspecified atom stereocenters. The zero-order chi connectivity index (χ0) is 16.5. The number of piperidine rings is 1. The van der Waals surface area contributed by atoms with E-state index < -0.39 is 0 Å². The van der Waals surface area contributed by atoms with Crippen molar-refractivity contribution >= 4 is 11.8 Å². The first-order chi connectivity index (χ1) is 11.7. The second-order valence-electron chi connectivity index (χ2n) is 7.55. The first-order valence-electron chi connectivity index (χ1n) is 9.18. The highest BCUT2D eigenvalue weighted by atomic mass is 16.2. The minimum absolute atomic E-state index is 0.00155. The van der Waals surface area contributed by atoms with Crippen molar-refractivity contribution in [1.29, 1.82) is 0 Å². The smallest absolute Gasteiger partial charge is 0.227 e. The minimum atomic E-state index is 0.00155. The number of rotatable bonds is 4. The van der Waals surface area contributed by atoms with Gasteiger partial charge in [0, 0.05) is 38.1 Å². The van der Waals surface area contributed by atoms with Crippen LogP contribution in [0.5, 0.6) is 0 Å². The van der Waals surface area contributed by atoms with Crippen molar-refractivity contribution in [2.45, 2.75) is 44.6 Å². The number of aromatic nitrogens is 1. The summed E-state index contributed by atoms with van der Waals surface area (Å²) in [6.45, 7) is 2.20. The summed E-state index contributed by atoms with van der Waals surface area (Å²) in [5, 5.41) is 0. The van der Waals surface area contributed by atoms with Gasteiger partial charge >= 0.3 is 0 Å². The molecule has 0 N–H and O–H groups in total. The van der Waals surface area contributed by atoms with E-state index in [2.05, 4.69) is 9.88 Å². The van der Waals surface area contributed by atoms with Crippen molar-refractivity contribution in [3.8, 4) is 0 Å². The molecular weight excluding hydrogens is 302 g/mol. The third kappa shape index (κ3) is 3.04. The fourth-order valence-corrected chi connectivity index (χ4v) is 4.23. The summed E-state index contributed by atoms with van der Waals surface area (Å²) < 4.78 is 0. The van der Waals surface area contributed by atoms with E-state index >= 15 is 0 Å². The van der Waals surface area contributed by atoms with Gasteiger partial charge in [0.15, 0.2) is 0 Å². The van der Waals surface area contributed by atoms with Crippen LogP contribution in [0.25, 0.3) is 0 Å². The molecule has 2 bridgehead atoms. The fourth-order valence-electron chi connectivity index (χ4n) is 4.23. The lowest BCUT2D eigenvalue weighted by Crippen LogP contribution is -2.50. The predicted octanol–water partition coefficient (Wildman–Crippen LogP) is 1.87. The minimum Gasteiger partial charge on any atom is -0.340 e. The third-order valence-corrected chi connectivity index (χ3v) is 5.90. The van der Waals surface area contributed by atoms with E-state index in [0.717, 1.165) is 24.9 Å². The van der Waals surface area contributed by atoms with E-state index in [9.17, 15) is 9.59 Å². The monoisotopic (exact) mass is 327 g/mol. The van der Waals surface area contributed by atoms with E-state index in [1.807, 2.05) is 17.0 Å². The van der Waals surface area contributed by atoms with Crippen LogP contribution in [0.2, 0.25) is 0 Å². The topological polar surface area (TPSA) is 53.5 Å². The van der Waals surface area contributed by atoms with Crippen molar-refractivity contribution in [3.05, 3.63) is 30.1 Å². The van der Waals surface area contributed by atoms with Crippen molar-refractivity contribution in [2.24, 2.45) is 11.8 Å². The molecule has 3 aliphatic heterocycles. The number of amides is 2. The average molecular weight is 327 g/mol. The number of carbonyl (C=O) groups excluding carboxylic acids is 2. The lowest BCUT2D eigenvalue weighted by atomic mass is 9.83. The van der Waals surface area contributed by atoms with Gasteiger partial charge in [-0.2, -0.15) is 0 Å². The van der Waals surface area contributed by atoms with Crippen LogP contribution in [-0.2, 0) is 16.0 Å². The molecule has 5 rings (SSSR count). The van der Waals surface area contributed by atoms with Crippen molar-refractivity contribution in [2.75, 3.05) is 19.6 Å². The zero-order valence-corrected chi connectivity index (χ0v) is 14.1. The van der Waals surface area contributed by atoms with Gasteiger partial charge < -0.3 is 9.80 Å². The Morgan fingerprint density at radius 1 is 1.21 bits per heavy atom. The number of hydrogen-bond acceptors (Lipinski definition) is 3. The number of fused-ring (bicyclic) bond motifs is 4. The first-order valence-corrected chi connectivity index (χ1v) is 9.18. The largest absolute Gasteiger partial charge is 0.340 e. The number of hydrogen-bond donors (Lipinski definition) is 0.